The van der Waals surface area contributed by atoms with Crippen molar-refractivity contribution in [3.05, 3.63) is 65.4 Å². The Morgan fingerprint density at radius 3 is 2.65 bits per heavy atom. The van der Waals surface area contributed by atoms with Crippen LogP contribution in [0.5, 0.6) is 5.75 Å². The van der Waals surface area contributed by atoms with Crippen molar-refractivity contribution < 1.29 is 14.3 Å². The molecule has 0 amide bonds. The van der Waals surface area contributed by atoms with Crippen LogP contribution in [0.15, 0.2) is 52.9 Å². The predicted molar refractivity (Wildman–Crippen MR) is 78.0 cm³/mol. The first kappa shape index (κ1) is 12.8. The van der Waals surface area contributed by atoms with Gasteiger partial charge in [0, 0.05) is 10.9 Å². The van der Waals surface area contributed by atoms with Crippen molar-refractivity contribution in [3.63, 3.8) is 0 Å². The van der Waals surface area contributed by atoms with E-state index in [4.69, 9.17) is 9.15 Å². The van der Waals surface area contributed by atoms with Gasteiger partial charge in [-0.1, -0.05) is 36.4 Å². The summed E-state index contributed by atoms with van der Waals surface area (Å²) in [4.78, 5) is 0. The number of benzene rings is 2. The average Bonchev–Trinajstić information content (AvgIpc) is 2.92. The number of aryl methyl sites for hydroxylation is 1. The van der Waals surface area contributed by atoms with Gasteiger partial charge in [-0.3, -0.25) is 0 Å². The Hall–Kier alpha value is -2.26. The maximum atomic E-state index is 10.5. The molecule has 0 fully saturated rings. The third kappa shape index (κ3) is 2.06. The van der Waals surface area contributed by atoms with E-state index in [9.17, 15) is 5.11 Å². The number of fused-ring (bicyclic) bond motifs is 1. The Kier molecular flexibility index (Phi) is 3.20. The van der Waals surface area contributed by atoms with Gasteiger partial charge in [-0.25, -0.2) is 0 Å². The second kappa shape index (κ2) is 5.02. The first-order valence-electron chi connectivity index (χ1n) is 6.50. The molecule has 0 aliphatic rings. The van der Waals surface area contributed by atoms with Crippen molar-refractivity contribution in [2.75, 3.05) is 7.11 Å². The number of hydrogen-bond donors (Lipinski definition) is 1. The van der Waals surface area contributed by atoms with Gasteiger partial charge >= 0.3 is 0 Å². The minimum atomic E-state index is -0.835. The van der Waals surface area contributed by atoms with Crippen LogP contribution in [0.2, 0.25) is 0 Å². The lowest BCUT2D eigenvalue weighted by Gasteiger charge is -2.12. The molecule has 3 aromatic rings. The van der Waals surface area contributed by atoms with Crippen LogP contribution in [0.25, 0.3) is 11.0 Å². The highest BCUT2D eigenvalue weighted by atomic mass is 16.5. The first-order valence-corrected chi connectivity index (χ1v) is 6.50. The van der Waals surface area contributed by atoms with Gasteiger partial charge in [0.05, 0.1) is 7.11 Å². The number of furan rings is 1. The fourth-order valence-electron chi connectivity index (χ4n) is 2.41. The lowest BCUT2D eigenvalue weighted by molar-refractivity contribution is 0.187. The highest BCUT2D eigenvalue weighted by Crippen LogP contribution is 2.33. The molecule has 1 atom stereocenters. The molecule has 1 aromatic heterocycles. The lowest BCUT2D eigenvalue weighted by atomic mass is 10.1. The van der Waals surface area contributed by atoms with Crippen LogP contribution in [0, 0.1) is 6.92 Å². The maximum absolute atomic E-state index is 10.5. The fraction of sp³-hybridized carbons (Fsp3) is 0.176. The van der Waals surface area contributed by atoms with Gasteiger partial charge in [-0.05, 0) is 24.6 Å². The van der Waals surface area contributed by atoms with Gasteiger partial charge in [-0.2, -0.15) is 0 Å². The summed E-state index contributed by atoms with van der Waals surface area (Å²) in [6.45, 7) is 1.99. The zero-order valence-electron chi connectivity index (χ0n) is 11.5. The van der Waals surface area contributed by atoms with E-state index in [1.807, 2.05) is 55.5 Å². The molecule has 3 heteroatoms. The van der Waals surface area contributed by atoms with E-state index in [0.717, 1.165) is 16.5 Å². The molecule has 1 heterocycles. The number of aliphatic hydroxyl groups excluding tert-OH is 1. The fourth-order valence-corrected chi connectivity index (χ4v) is 2.41. The minimum absolute atomic E-state index is 0.527. The summed E-state index contributed by atoms with van der Waals surface area (Å²) in [5.41, 5.74) is 2.57. The lowest BCUT2D eigenvalue weighted by Crippen LogP contribution is -2.00. The summed E-state index contributed by atoms with van der Waals surface area (Å²) in [6, 6.07) is 15.2. The van der Waals surface area contributed by atoms with Crippen molar-refractivity contribution in [1.82, 2.24) is 0 Å². The summed E-state index contributed by atoms with van der Waals surface area (Å²) >= 11 is 0. The summed E-state index contributed by atoms with van der Waals surface area (Å²) < 4.78 is 11.1. The highest BCUT2D eigenvalue weighted by Gasteiger charge is 2.19. The second-order valence-corrected chi connectivity index (χ2v) is 4.79. The zero-order chi connectivity index (χ0) is 14.1. The van der Waals surface area contributed by atoms with Gasteiger partial charge in [-0.15, -0.1) is 0 Å². The molecule has 0 saturated heterocycles. The maximum Gasteiger partial charge on any atom is 0.140 e. The molecule has 0 spiro atoms. The van der Waals surface area contributed by atoms with E-state index in [1.165, 1.54) is 0 Å². The summed E-state index contributed by atoms with van der Waals surface area (Å²) in [6.07, 6.45) is -0.835. The Bertz CT molecular complexity index is 743. The number of hydrogen-bond acceptors (Lipinski definition) is 3. The number of methoxy groups -OCH3 is 1. The van der Waals surface area contributed by atoms with Gasteiger partial charge < -0.3 is 14.3 Å². The van der Waals surface area contributed by atoms with E-state index in [0.29, 0.717) is 17.1 Å². The van der Waals surface area contributed by atoms with Crippen LogP contribution in [-0.2, 0) is 0 Å². The van der Waals surface area contributed by atoms with Crippen molar-refractivity contribution in [3.8, 4) is 5.75 Å². The van der Waals surface area contributed by atoms with E-state index < -0.39 is 6.10 Å². The molecular formula is C17H16O3. The number of rotatable bonds is 3. The van der Waals surface area contributed by atoms with Gasteiger partial charge in [0.15, 0.2) is 0 Å². The second-order valence-electron chi connectivity index (χ2n) is 4.79. The van der Waals surface area contributed by atoms with E-state index in [-0.39, 0.29) is 0 Å². The molecule has 0 aliphatic heterocycles. The van der Waals surface area contributed by atoms with Gasteiger partial charge in [0.25, 0.3) is 0 Å². The highest BCUT2D eigenvalue weighted by molar-refractivity contribution is 5.81. The third-order valence-corrected chi connectivity index (χ3v) is 3.46. The largest absolute Gasteiger partial charge is 0.496 e. The smallest absolute Gasteiger partial charge is 0.140 e. The summed E-state index contributed by atoms with van der Waals surface area (Å²) in [5.74, 6) is 1.18. The standard InChI is InChI=1S/C17H16O3/c1-11-6-5-7-12-10-15(20-17(11)12)16(18)13-8-3-4-9-14(13)19-2/h3-10,16,18H,1-2H3. The average molecular weight is 268 g/mol. The Morgan fingerprint density at radius 2 is 1.90 bits per heavy atom. The molecule has 102 valence electrons. The monoisotopic (exact) mass is 268 g/mol. The normalized spacial score (nSPS) is 12.6. The van der Waals surface area contributed by atoms with Crippen LogP contribution in [-0.4, -0.2) is 12.2 Å². The van der Waals surface area contributed by atoms with Crippen molar-refractivity contribution in [2.24, 2.45) is 0 Å². The van der Waals surface area contributed by atoms with Crippen LogP contribution < -0.4 is 4.74 Å². The van der Waals surface area contributed by atoms with Crippen molar-refractivity contribution >= 4 is 11.0 Å². The molecule has 0 radical (unpaired) electrons. The summed E-state index contributed by atoms with van der Waals surface area (Å²) in [7, 11) is 1.59. The molecule has 20 heavy (non-hydrogen) atoms. The van der Waals surface area contributed by atoms with Crippen LogP contribution in [0.3, 0.4) is 0 Å². The number of para-hydroxylation sites is 2. The third-order valence-electron chi connectivity index (χ3n) is 3.46. The molecule has 1 N–H and O–H groups in total. The molecule has 2 aromatic carbocycles. The topological polar surface area (TPSA) is 42.6 Å². The van der Waals surface area contributed by atoms with Gasteiger partial charge in [0.2, 0.25) is 0 Å². The number of ether oxygens (including phenoxy) is 1. The van der Waals surface area contributed by atoms with E-state index in [2.05, 4.69) is 0 Å². The molecule has 3 rings (SSSR count). The van der Waals surface area contributed by atoms with Gasteiger partial charge in [0.1, 0.15) is 23.2 Å². The van der Waals surface area contributed by atoms with Crippen molar-refractivity contribution in [1.29, 1.82) is 0 Å². The van der Waals surface area contributed by atoms with Crippen LogP contribution in [0.4, 0.5) is 0 Å². The van der Waals surface area contributed by atoms with E-state index >= 15 is 0 Å². The number of aliphatic hydroxyl groups is 1. The van der Waals surface area contributed by atoms with Crippen molar-refractivity contribution in [2.45, 2.75) is 13.0 Å². The predicted octanol–water partition coefficient (Wildman–Crippen LogP) is 3.83. The minimum Gasteiger partial charge on any atom is -0.496 e. The SMILES string of the molecule is COc1ccccc1C(O)c1cc2cccc(C)c2o1. The quantitative estimate of drug-likeness (QED) is 0.785. The van der Waals surface area contributed by atoms with Crippen LogP contribution >= 0.6 is 0 Å². The first-order chi connectivity index (χ1) is 9.70. The zero-order valence-corrected chi connectivity index (χ0v) is 11.5. The van der Waals surface area contributed by atoms with Crippen LogP contribution in [0.1, 0.15) is 23.0 Å². The summed E-state index contributed by atoms with van der Waals surface area (Å²) in [5, 5.41) is 11.5. The molecular weight excluding hydrogens is 252 g/mol. The Balaban J connectivity index is 2.08. The molecule has 0 aliphatic carbocycles. The molecule has 0 saturated carbocycles. The Labute approximate surface area is 117 Å². The molecule has 3 nitrogen and oxygen atoms in total. The Morgan fingerprint density at radius 1 is 1.10 bits per heavy atom. The molecule has 0 bridgehead atoms. The van der Waals surface area contributed by atoms with E-state index in [1.54, 1.807) is 7.11 Å². The molecule has 1 unspecified atom stereocenters.